The lowest BCUT2D eigenvalue weighted by Crippen LogP contribution is -2.64. The highest BCUT2D eigenvalue weighted by Crippen LogP contribution is 2.45. The maximum atomic E-state index is 13.7. The number of aliphatic hydroxyl groups is 3. The summed E-state index contributed by atoms with van der Waals surface area (Å²) in [5.74, 6) is -0.677. The lowest BCUT2D eigenvalue weighted by molar-refractivity contribution is -0.252. The SMILES string of the molecule is COc1ccc(OP(=O)(N[C@@H](C)C(=O)OCc2ccccc2)OC[C@H]2O[C@H](O)[C@H](NC(C)=O)[C@@H](O)[C@@H]2O)cc1. The second-order valence-corrected chi connectivity index (χ2v) is 10.5. The van der Waals surface area contributed by atoms with Crippen molar-refractivity contribution in [3.05, 3.63) is 60.2 Å². The summed E-state index contributed by atoms with van der Waals surface area (Å²) in [4.78, 5) is 23.9. The summed E-state index contributed by atoms with van der Waals surface area (Å²) in [5, 5.41) is 35.8. The Labute approximate surface area is 225 Å². The van der Waals surface area contributed by atoms with Crippen molar-refractivity contribution in [2.24, 2.45) is 0 Å². The van der Waals surface area contributed by atoms with Crippen LogP contribution in [0.25, 0.3) is 0 Å². The number of carbonyl (C=O) groups is 2. The number of rotatable bonds is 12. The molecule has 1 saturated heterocycles. The van der Waals surface area contributed by atoms with Crippen molar-refractivity contribution >= 4 is 19.6 Å². The molecule has 1 heterocycles. The van der Waals surface area contributed by atoms with E-state index in [1.165, 1.54) is 33.1 Å². The number of aliphatic hydroxyl groups excluding tert-OH is 3. The molecule has 2 aromatic carbocycles. The molecule has 0 aromatic heterocycles. The zero-order chi connectivity index (χ0) is 28.6. The first-order valence-electron chi connectivity index (χ1n) is 12.0. The molecule has 1 aliphatic heterocycles. The summed E-state index contributed by atoms with van der Waals surface area (Å²) in [6, 6.07) is 12.6. The molecule has 0 spiro atoms. The van der Waals surface area contributed by atoms with Gasteiger partial charge < -0.3 is 39.4 Å². The minimum absolute atomic E-state index is 0.0104. The molecule has 13 nitrogen and oxygen atoms in total. The number of ether oxygens (including phenoxy) is 3. The van der Waals surface area contributed by atoms with E-state index in [0.717, 1.165) is 5.56 Å². The van der Waals surface area contributed by atoms with Gasteiger partial charge in [0.25, 0.3) is 0 Å². The summed E-state index contributed by atoms with van der Waals surface area (Å²) in [6.07, 6.45) is -6.31. The van der Waals surface area contributed by atoms with Crippen molar-refractivity contribution in [3.63, 3.8) is 0 Å². The van der Waals surface area contributed by atoms with E-state index in [-0.39, 0.29) is 12.4 Å². The fourth-order valence-electron chi connectivity index (χ4n) is 3.65. The first-order chi connectivity index (χ1) is 18.5. The van der Waals surface area contributed by atoms with Crippen molar-refractivity contribution in [3.8, 4) is 11.5 Å². The molecule has 0 saturated carbocycles. The van der Waals surface area contributed by atoms with Gasteiger partial charge in [0.1, 0.15) is 48.5 Å². The molecule has 39 heavy (non-hydrogen) atoms. The summed E-state index contributed by atoms with van der Waals surface area (Å²) in [5.41, 5.74) is 0.755. The Hall–Kier alpha value is -3.03. The van der Waals surface area contributed by atoms with E-state index in [1.54, 1.807) is 36.4 Å². The quantitative estimate of drug-likeness (QED) is 0.180. The van der Waals surface area contributed by atoms with Gasteiger partial charge in [0.15, 0.2) is 6.29 Å². The topological polar surface area (TPSA) is 182 Å². The van der Waals surface area contributed by atoms with Crippen LogP contribution in [0.5, 0.6) is 11.5 Å². The van der Waals surface area contributed by atoms with Crippen LogP contribution in [-0.4, -0.2) is 77.6 Å². The Morgan fingerprint density at radius 2 is 1.67 bits per heavy atom. The maximum Gasteiger partial charge on any atom is 0.459 e. The fourth-order valence-corrected chi connectivity index (χ4v) is 5.16. The van der Waals surface area contributed by atoms with Crippen molar-refractivity contribution in [2.75, 3.05) is 13.7 Å². The maximum absolute atomic E-state index is 13.7. The summed E-state index contributed by atoms with van der Waals surface area (Å²) >= 11 is 0. The van der Waals surface area contributed by atoms with Gasteiger partial charge in [-0.25, -0.2) is 4.57 Å². The van der Waals surface area contributed by atoms with E-state index < -0.39 is 62.9 Å². The number of amides is 1. The number of carbonyl (C=O) groups excluding carboxylic acids is 2. The molecule has 14 heteroatoms. The molecule has 0 radical (unpaired) electrons. The molecule has 7 atom stereocenters. The van der Waals surface area contributed by atoms with Gasteiger partial charge in [0.2, 0.25) is 5.91 Å². The average molecular weight is 569 g/mol. The molecule has 214 valence electrons. The Kier molecular flexibility index (Phi) is 10.8. The average Bonchev–Trinajstić information content (AvgIpc) is 2.91. The summed E-state index contributed by atoms with van der Waals surface area (Å²) in [6.45, 7) is 1.93. The second-order valence-electron chi connectivity index (χ2n) is 8.78. The lowest BCUT2D eigenvalue weighted by atomic mass is 9.97. The second kappa shape index (κ2) is 13.9. The normalized spacial score (nSPS) is 25.1. The van der Waals surface area contributed by atoms with Gasteiger partial charge in [-0.1, -0.05) is 30.3 Å². The molecule has 1 aliphatic rings. The van der Waals surface area contributed by atoms with E-state index >= 15 is 0 Å². The van der Waals surface area contributed by atoms with Gasteiger partial charge in [-0.2, -0.15) is 5.09 Å². The molecule has 1 amide bonds. The number of hydrogen-bond acceptors (Lipinski definition) is 11. The zero-order valence-electron chi connectivity index (χ0n) is 21.6. The zero-order valence-corrected chi connectivity index (χ0v) is 22.5. The van der Waals surface area contributed by atoms with Gasteiger partial charge >= 0.3 is 13.7 Å². The molecular weight excluding hydrogens is 535 g/mol. The number of methoxy groups -OCH3 is 1. The van der Waals surface area contributed by atoms with Gasteiger partial charge in [-0.3, -0.25) is 14.1 Å². The minimum Gasteiger partial charge on any atom is -0.497 e. The number of esters is 1. The largest absolute Gasteiger partial charge is 0.497 e. The van der Waals surface area contributed by atoms with Gasteiger partial charge in [-0.05, 0) is 36.8 Å². The molecule has 0 bridgehead atoms. The minimum atomic E-state index is -4.36. The predicted octanol–water partition coefficient (Wildman–Crippen LogP) is 0.864. The van der Waals surface area contributed by atoms with Crippen LogP contribution in [0, 0.1) is 0 Å². The van der Waals surface area contributed by atoms with Gasteiger partial charge in [-0.15, -0.1) is 0 Å². The molecular formula is C25H33N2O11P. The smallest absolute Gasteiger partial charge is 0.459 e. The Balaban J connectivity index is 1.70. The van der Waals surface area contributed by atoms with Crippen LogP contribution in [0.1, 0.15) is 19.4 Å². The summed E-state index contributed by atoms with van der Waals surface area (Å²) in [7, 11) is -2.88. The highest BCUT2D eigenvalue weighted by atomic mass is 31.2. The standard InChI is InChI=1S/C25H33N2O11P/c1-15(24(31)35-13-17-7-5-4-6-8-17)27-39(33,38-19-11-9-18(34-3)10-12-19)36-14-20-22(29)23(30)21(25(32)37-20)26-16(2)28/h4-12,15,20-23,25,29-30,32H,13-14H2,1-3H3,(H,26,28)(H,27,33)/t15-,20+,21+,22+,23+,25-,39?/m0/s1. The van der Waals surface area contributed by atoms with Crippen LogP contribution >= 0.6 is 7.75 Å². The highest BCUT2D eigenvalue weighted by molar-refractivity contribution is 7.52. The molecule has 5 N–H and O–H groups in total. The number of hydrogen-bond donors (Lipinski definition) is 5. The van der Waals surface area contributed by atoms with E-state index in [1.807, 2.05) is 6.07 Å². The van der Waals surface area contributed by atoms with Crippen LogP contribution in [0.4, 0.5) is 0 Å². The van der Waals surface area contributed by atoms with Gasteiger partial charge in [0, 0.05) is 6.92 Å². The number of benzene rings is 2. The third-order valence-corrected chi connectivity index (χ3v) is 7.36. The van der Waals surface area contributed by atoms with Crippen LogP contribution in [0.15, 0.2) is 54.6 Å². The van der Waals surface area contributed by atoms with E-state index in [0.29, 0.717) is 5.75 Å². The Morgan fingerprint density at radius 3 is 2.28 bits per heavy atom. The van der Waals surface area contributed by atoms with Crippen LogP contribution in [-0.2, 0) is 34.8 Å². The molecule has 3 rings (SSSR count). The highest BCUT2D eigenvalue weighted by Gasteiger charge is 2.45. The first-order valence-corrected chi connectivity index (χ1v) is 13.6. The Morgan fingerprint density at radius 1 is 1.03 bits per heavy atom. The Bertz CT molecular complexity index is 1130. The van der Waals surface area contributed by atoms with E-state index in [4.69, 9.17) is 23.3 Å². The van der Waals surface area contributed by atoms with Gasteiger partial charge in [0.05, 0.1) is 13.7 Å². The predicted molar refractivity (Wildman–Crippen MR) is 137 cm³/mol. The van der Waals surface area contributed by atoms with E-state index in [9.17, 15) is 29.5 Å². The summed E-state index contributed by atoms with van der Waals surface area (Å²) < 4.78 is 40.5. The van der Waals surface area contributed by atoms with E-state index in [2.05, 4.69) is 10.4 Å². The molecule has 0 aliphatic carbocycles. The van der Waals surface area contributed by atoms with Crippen molar-refractivity contribution in [1.29, 1.82) is 0 Å². The molecule has 2 aromatic rings. The van der Waals surface area contributed by atoms with Crippen LogP contribution < -0.4 is 19.7 Å². The van der Waals surface area contributed by atoms with Crippen molar-refractivity contribution in [1.82, 2.24) is 10.4 Å². The lowest BCUT2D eigenvalue weighted by Gasteiger charge is -2.40. The van der Waals surface area contributed by atoms with Crippen molar-refractivity contribution < 1.29 is 52.7 Å². The van der Waals surface area contributed by atoms with Crippen molar-refractivity contribution in [2.45, 2.75) is 57.1 Å². The first kappa shape index (κ1) is 30.5. The fraction of sp³-hybridized carbons (Fsp3) is 0.440. The van der Waals surface area contributed by atoms with Crippen LogP contribution in [0.3, 0.4) is 0 Å². The number of nitrogens with one attached hydrogen (secondary N) is 2. The monoisotopic (exact) mass is 568 g/mol. The molecule has 1 fully saturated rings. The third-order valence-electron chi connectivity index (χ3n) is 5.71. The van der Waals surface area contributed by atoms with Crippen LogP contribution in [0.2, 0.25) is 0 Å². The molecule has 1 unspecified atom stereocenters. The third kappa shape index (κ3) is 8.73.